The summed E-state index contributed by atoms with van der Waals surface area (Å²) in [6, 6.07) is 3.37. The summed E-state index contributed by atoms with van der Waals surface area (Å²) >= 11 is 0. The van der Waals surface area contributed by atoms with Crippen molar-refractivity contribution in [2.75, 3.05) is 5.73 Å². The average molecular weight is 285 g/mol. The first-order valence-electron chi connectivity index (χ1n) is 7.25. The maximum atomic E-state index is 11.2. The van der Waals surface area contributed by atoms with Crippen molar-refractivity contribution < 1.29 is 9.90 Å². The zero-order valence-electron chi connectivity index (χ0n) is 12.0. The number of aromatic nitrogens is 2. The molecule has 1 aromatic carbocycles. The van der Waals surface area contributed by atoms with E-state index in [1.807, 2.05) is 16.8 Å². The molecule has 1 aromatic heterocycles. The second-order valence-corrected chi connectivity index (χ2v) is 5.67. The van der Waals surface area contributed by atoms with Gasteiger partial charge in [-0.15, -0.1) is 0 Å². The molecule has 2 aromatic rings. The number of aryl methyl sites for hydroxylation is 1. The van der Waals surface area contributed by atoms with Gasteiger partial charge in [0, 0.05) is 18.3 Å². The van der Waals surface area contributed by atoms with Crippen molar-refractivity contribution in [3.05, 3.63) is 41.5 Å². The third kappa shape index (κ3) is 2.39. The Morgan fingerprint density at radius 1 is 1.38 bits per heavy atom. The molecule has 0 aliphatic heterocycles. The summed E-state index contributed by atoms with van der Waals surface area (Å²) in [5, 5.41) is 9.16. The predicted octanol–water partition coefficient (Wildman–Crippen LogP) is 3.12. The van der Waals surface area contributed by atoms with Gasteiger partial charge in [-0.25, -0.2) is 9.78 Å². The molecule has 5 heteroatoms. The maximum absolute atomic E-state index is 11.2. The van der Waals surface area contributed by atoms with Gasteiger partial charge < -0.3 is 15.4 Å². The molecule has 0 bridgehead atoms. The van der Waals surface area contributed by atoms with E-state index in [0.29, 0.717) is 17.2 Å². The van der Waals surface area contributed by atoms with Gasteiger partial charge in [0.25, 0.3) is 0 Å². The predicted molar refractivity (Wildman–Crippen MR) is 80.9 cm³/mol. The van der Waals surface area contributed by atoms with Gasteiger partial charge in [0.05, 0.1) is 16.9 Å². The molecular weight excluding hydrogens is 266 g/mol. The lowest BCUT2D eigenvalue weighted by Crippen LogP contribution is -2.09. The average Bonchev–Trinajstić information content (AvgIpc) is 3.09. The summed E-state index contributed by atoms with van der Waals surface area (Å²) in [6.07, 6.45) is 8.48. The molecule has 0 radical (unpaired) electrons. The molecule has 0 unspecified atom stereocenters. The fourth-order valence-electron chi connectivity index (χ4n) is 3.15. The molecule has 0 saturated heterocycles. The smallest absolute Gasteiger partial charge is 0.336 e. The van der Waals surface area contributed by atoms with Crippen molar-refractivity contribution in [3.8, 4) is 5.69 Å². The minimum Gasteiger partial charge on any atom is -0.478 e. The Bertz CT molecular complexity index is 685. The first kappa shape index (κ1) is 13.7. The first-order valence-corrected chi connectivity index (χ1v) is 7.25. The van der Waals surface area contributed by atoms with Gasteiger partial charge in [-0.05, 0) is 37.5 Å². The van der Waals surface area contributed by atoms with Crippen LogP contribution in [0.5, 0.6) is 0 Å². The molecule has 3 N–H and O–H groups in total. The second-order valence-electron chi connectivity index (χ2n) is 5.67. The van der Waals surface area contributed by atoms with Crippen molar-refractivity contribution >= 4 is 11.7 Å². The summed E-state index contributed by atoms with van der Waals surface area (Å²) in [6.45, 7) is 1.79. The number of rotatable bonds is 3. The highest BCUT2D eigenvalue weighted by atomic mass is 16.4. The largest absolute Gasteiger partial charge is 0.478 e. The molecule has 1 aliphatic carbocycles. The van der Waals surface area contributed by atoms with E-state index in [1.54, 1.807) is 13.1 Å². The quantitative estimate of drug-likeness (QED) is 0.849. The monoisotopic (exact) mass is 285 g/mol. The van der Waals surface area contributed by atoms with Crippen molar-refractivity contribution in [1.29, 1.82) is 0 Å². The number of carboxylic acids is 1. The zero-order chi connectivity index (χ0) is 15.0. The Morgan fingerprint density at radius 2 is 2.10 bits per heavy atom. The standard InChI is InChI=1S/C16H19N3O2/c1-10-8-14(13(17)9-12(10)16(20)21)19-7-6-18-15(19)11-4-2-3-5-11/h6-9,11H,2-5,17H2,1H3,(H,20,21). The Morgan fingerprint density at radius 3 is 2.76 bits per heavy atom. The third-order valence-electron chi connectivity index (χ3n) is 4.25. The van der Waals surface area contributed by atoms with E-state index >= 15 is 0 Å². The van der Waals surface area contributed by atoms with Crippen LogP contribution in [0.1, 0.15) is 53.3 Å². The van der Waals surface area contributed by atoms with Gasteiger partial charge in [0.1, 0.15) is 5.82 Å². The van der Waals surface area contributed by atoms with E-state index < -0.39 is 5.97 Å². The summed E-state index contributed by atoms with van der Waals surface area (Å²) in [5.74, 6) is 0.549. The Kier molecular flexibility index (Phi) is 3.41. The van der Waals surface area contributed by atoms with Gasteiger partial charge in [-0.1, -0.05) is 12.8 Å². The SMILES string of the molecule is Cc1cc(-n2ccnc2C2CCCC2)c(N)cc1C(=O)O. The number of hydrogen-bond donors (Lipinski definition) is 2. The molecule has 1 fully saturated rings. The molecule has 0 amide bonds. The normalized spacial score (nSPS) is 15.5. The number of nitrogens with zero attached hydrogens (tertiary/aromatic N) is 2. The number of hydrogen-bond acceptors (Lipinski definition) is 3. The highest BCUT2D eigenvalue weighted by Gasteiger charge is 2.23. The Balaban J connectivity index is 2.07. The number of carboxylic acid groups (broad SMARTS) is 1. The molecule has 5 nitrogen and oxygen atoms in total. The molecule has 1 aliphatic rings. The topological polar surface area (TPSA) is 81.1 Å². The highest BCUT2D eigenvalue weighted by molar-refractivity contribution is 5.91. The van der Waals surface area contributed by atoms with Crippen LogP contribution in [0.3, 0.4) is 0 Å². The van der Waals surface area contributed by atoms with Crippen LogP contribution in [-0.4, -0.2) is 20.6 Å². The molecule has 1 saturated carbocycles. The fraction of sp³-hybridized carbons (Fsp3) is 0.375. The van der Waals surface area contributed by atoms with Crippen molar-refractivity contribution in [2.24, 2.45) is 0 Å². The summed E-state index contributed by atoms with van der Waals surface area (Å²) < 4.78 is 2.00. The minimum atomic E-state index is -0.951. The lowest BCUT2D eigenvalue weighted by molar-refractivity contribution is 0.0696. The number of anilines is 1. The number of benzene rings is 1. The van der Waals surface area contributed by atoms with Crippen LogP contribution in [0, 0.1) is 6.92 Å². The van der Waals surface area contributed by atoms with E-state index in [0.717, 1.165) is 24.4 Å². The Hall–Kier alpha value is -2.30. The molecular formula is C16H19N3O2. The van der Waals surface area contributed by atoms with E-state index in [1.165, 1.54) is 18.9 Å². The Labute approximate surface area is 123 Å². The van der Waals surface area contributed by atoms with Crippen LogP contribution in [0.15, 0.2) is 24.5 Å². The van der Waals surface area contributed by atoms with Crippen molar-refractivity contribution in [3.63, 3.8) is 0 Å². The third-order valence-corrected chi connectivity index (χ3v) is 4.25. The van der Waals surface area contributed by atoms with E-state index in [4.69, 9.17) is 10.8 Å². The molecule has 0 atom stereocenters. The summed E-state index contributed by atoms with van der Waals surface area (Å²) in [7, 11) is 0. The van der Waals surface area contributed by atoms with E-state index in [9.17, 15) is 4.79 Å². The van der Waals surface area contributed by atoms with Crippen molar-refractivity contribution in [2.45, 2.75) is 38.5 Å². The van der Waals surface area contributed by atoms with Gasteiger partial charge >= 0.3 is 5.97 Å². The first-order chi connectivity index (χ1) is 10.1. The zero-order valence-corrected chi connectivity index (χ0v) is 12.0. The van der Waals surface area contributed by atoms with E-state index in [-0.39, 0.29) is 5.56 Å². The van der Waals surface area contributed by atoms with Gasteiger partial charge in [0.2, 0.25) is 0 Å². The van der Waals surface area contributed by atoms with E-state index in [2.05, 4.69) is 4.98 Å². The van der Waals surface area contributed by atoms with Crippen LogP contribution in [0.25, 0.3) is 5.69 Å². The molecule has 3 rings (SSSR count). The number of imidazole rings is 1. The van der Waals surface area contributed by atoms with Crippen LogP contribution >= 0.6 is 0 Å². The number of carbonyl (C=O) groups is 1. The molecule has 21 heavy (non-hydrogen) atoms. The molecule has 0 spiro atoms. The van der Waals surface area contributed by atoms with Gasteiger partial charge in [0.15, 0.2) is 0 Å². The number of nitrogens with two attached hydrogens (primary N) is 1. The molecule has 110 valence electrons. The van der Waals surface area contributed by atoms with Gasteiger partial charge in [-0.3, -0.25) is 0 Å². The minimum absolute atomic E-state index is 0.249. The lowest BCUT2D eigenvalue weighted by atomic mass is 10.0. The number of nitrogen functional groups attached to an aromatic ring is 1. The highest BCUT2D eigenvalue weighted by Crippen LogP contribution is 2.35. The summed E-state index contributed by atoms with van der Waals surface area (Å²) in [4.78, 5) is 15.7. The van der Waals surface area contributed by atoms with Crippen LogP contribution in [-0.2, 0) is 0 Å². The van der Waals surface area contributed by atoms with Gasteiger partial charge in [-0.2, -0.15) is 0 Å². The second kappa shape index (κ2) is 5.24. The number of aromatic carboxylic acids is 1. The summed E-state index contributed by atoms with van der Waals surface area (Å²) in [5.41, 5.74) is 8.31. The molecule has 1 heterocycles. The van der Waals surface area contributed by atoms with Crippen LogP contribution in [0.4, 0.5) is 5.69 Å². The maximum Gasteiger partial charge on any atom is 0.336 e. The van der Waals surface area contributed by atoms with Crippen LogP contribution in [0.2, 0.25) is 0 Å². The van der Waals surface area contributed by atoms with Crippen molar-refractivity contribution in [1.82, 2.24) is 9.55 Å². The lowest BCUT2D eigenvalue weighted by Gasteiger charge is -2.16. The fourth-order valence-corrected chi connectivity index (χ4v) is 3.15. The van der Waals surface area contributed by atoms with Crippen LogP contribution < -0.4 is 5.73 Å².